The molecule has 1 N–H and O–H groups in total. The maximum atomic E-state index is 12.1. The predicted molar refractivity (Wildman–Crippen MR) is 90.2 cm³/mol. The number of hydrogen-bond donors (Lipinski definition) is 1. The molecule has 0 spiro atoms. The molecule has 2 rings (SSSR count). The molecule has 0 aliphatic heterocycles. The lowest BCUT2D eigenvalue weighted by Gasteiger charge is -2.11. The average molecular weight is 328 g/mol. The second-order valence-electron chi connectivity index (χ2n) is 5.67. The van der Waals surface area contributed by atoms with Gasteiger partial charge in [0.25, 0.3) is 5.91 Å². The summed E-state index contributed by atoms with van der Waals surface area (Å²) in [5.41, 5.74) is 3.23. The first-order valence-electron chi connectivity index (χ1n) is 7.50. The summed E-state index contributed by atoms with van der Waals surface area (Å²) >= 11 is 0. The van der Waals surface area contributed by atoms with Crippen LogP contribution in [0, 0.1) is 13.8 Å². The van der Waals surface area contributed by atoms with Crippen LogP contribution in [0.15, 0.2) is 30.5 Å². The molecule has 0 saturated heterocycles. The molecule has 0 radical (unpaired) electrons. The van der Waals surface area contributed by atoms with Crippen LogP contribution in [0.4, 0.5) is 5.69 Å². The Bertz CT molecular complexity index is 785. The van der Waals surface area contributed by atoms with Gasteiger partial charge < -0.3 is 14.6 Å². The number of para-hydroxylation sites is 1. The van der Waals surface area contributed by atoms with E-state index in [-0.39, 0.29) is 11.5 Å². The van der Waals surface area contributed by atoms with Crippen LogP contribution in [0.2, 0.25) is 0 Å². The zero-order chi connectivity index (χ0) is 17.9. The van der Waals surface area contributed by atoms with E-state index in [0.717, 1.165) is 16.8 Å². The zero-order valence-corrected chi connectivity index (χ0v) is 14.2. The fourth-order valence-electron chi connectivity index (χ4n) is 2.35. The quantitative estimate of drug-likeness (QED) is 0.676. The van der Waals surface area contributed by atoms with Crippen molar-refractivity contribution in [2.24, 2.45) is 7.05 Å². The van der Waals surface area contributed by atoms with E-state index >= 15 is 0 Å². The smallest absolute Gasteiger partial charge is 0.355 e. The summed E-state index contributed by atoms with van der Waals surface area (Å²) in [4.78, 5) is 35.4. The summed E-state index contributed by atoms with van der Waals surface area (Å²) in [7, 11) is 1.64. The van der Waals surface area contributed by atoms with E-state index in [1.165, 1.54) is 17.6 Å². The van der Waals surface area contributed by atoms with Gasteiger partial charge in [0.2, 0.25) is 0 Å². The molecule has 6 heteroatoms. The van der Waals surface area contributed by atoms with Gasteiger partial charge in [-0.05, 0) is 38.0 Å². The molecule has 1 aromatic carbocycles. The third kappa shape index (κ3) is 3.90. The molecule has 0 aliphatic carbocycles. The highest BCUT2D eigenvalue weighted by molar-refractivity contribution is 5.99. The number of ether oxygens (including phenoxy) is 1. The molecule has 1 aromatic heterocycles. The van der Waals surface area contributed by atoms with E-state index < -0.39 is 18.5 Å². The number of carbonyl (C=O) groups is 3. The molecule has 24 heavy (non-hydrogen) atoms. The van der Waals surface area contributed by atoms with Crippen molar-refractivity contribution in [1.82, 2.24) is 4.57 Å². The van der Waals surface area contributed by atoms with Crippen molar-refractivity contribution in [2.45, 2.75) is 20.8 Å². The van der Waals surface area contributed by atoms with Crippen LogP contribution in [0.1, 0.15) is 38.9 Å². The summed E-state index contributed by atoms with van der Waals surface area (Å²) in [5, 5.41) is 2.75. The Morgan fingerprint density at radius 3 is 2.33 bits per heavy atom. The van der Waals surface area contributed by atoms with Crippen molar-refractivity contribution in [3.63, 3.8) is 0 Å². The summed E-state index contributed by atoms with van der Waals surface area (Å²) in [6.45, 7) is 4.80. The number of anilines is 1. The van der Waals surface area contributed by atoms with Gasteiger partial charge in [0, 0.05) is 24.5 Å². The van der Waals surface area contributed by atoms with Gasteiger partial charge >= 0.3 is 5.97 Å². The minimum atomic E-state index is -0.651. The van der Waals surface area contributed by atoms with Crippen molar-refractivity contribution >= 4 is 23.3 Å². The number of nitrogens with zero attached hydrogens (tertiary/aromatic N) is 1. The summed E-state index contributed by atoms with van der Waals surface area (Å²) in [5.74, 6) is -1.21. The minimum absolute atomic E-state index is 0.141. The second kappa shape index (κ2) is 7.12. The van der Waals surface area contributed by atoms with Crippen molar-refractivity contribution in [2.75, 3.05) is 11.9 Å². The van der Waals surface area contributed by atoms with E-state index in [1.54, 1.807) is 13.2 Å². The molecule has 0 unspecified atom stereocenters. The summed E-state index contributed by atoms with van der Waals surface area (Å²) in [6, 6.07) is 7.14. The minimum Gasteiger partial charge on any atom is -0.451 e. The molecule has 0 fully saturated rings. The van der Waals surface area contributed by atoms with Crippen molar-refractivity contribution in [1.29, 1.82) is 0 Å². The zero-order valence-electron chi connectivity index (χ0n) is 14.2. The molecule has 126 valence electrons. The Morgan fingerprint density at radius 2 is 1.79 bits per heavy atom. The molecule has 0 bridgehead atoms. The maximum absolute atomic E-state index is 12.1. The molecular weight excluding hydrogens is 308 g/mol. The monoisotopic (exact) mass is 328 g/mol. The van der Waals surface area contributed by atoms with E-state index in [0.29, 0.717) is 5.56 Å². The molecule has 6 nitrogen and oxygen atoms in total. The molecule has 0 aliphatic rings. The lowest BCUT2D eigenvalue weighted by molar-refractivity contribution is -0.119. The first-order chi connectivity index (χ1) is 11.3. The molecular formula is C18H20N2O4. The standard InChI is InChI=1S/C18H20N2O4/c1-11-6-5-7-12(2)17(11)19-16(22)10-24-18(23)15-8-14(13(3)21)9-20(15)4/h5-9H,10H2,1-4H3,(H,19,22). The highest BCUT2D eigenvalue weighted by Crippen LogP contribution is 2.19. The summed E-state index contributed by atoms with van der Waals surface area (Å²) < 4.78 is 6.54. The SMILES string of the molecule is CC(=O)c1cc(C(=O)OCC(=O)Nc2c(C)cccc2C)n(C)c1. The highest BCUT2D eigenvalue weighted by Gasteiger charge is 2.17. The number of rotatable bonds is 5. The number of amides is 1. The van der Waals surface area contributed by atoms with Crippen LogP contribution in [0.5, 0.6) is 0 Å². The first-order valence-corrected chi connectivity index (χ1v) is 7.50. The van der Waals surface area contributed by atoms with Gasteiger partial charge in [-0.2, -0.15) is 0 Å². The van der Waals surface area contributed by atoms with Gasteiger partial charge in [-0.15, -0.1) is 0 Å². The Hall–Kier alpha value is -2.89. The molecule has 0 saturated carbocycles. The number of benzene rings is 1. The Kier molecular flexibility index (Phi) is 5.18. The van der Waals surface area contributed by atoms with Gasteiger partial charge in [-0.1, -0.05) is 18.2 Å². The van der Waals surface area contributed by atoms with Crippen LogP contribution >= 0.6 is 0 Å². The third-order valence-electron chi connectivity index (χ3n) is 3.70. The van der Waals surface area contributed by atoms with Crippen molar-refractivity contribution in [3.05, 3.63) is 52.8 Å². The van der Waals surface area contributed by atoms with Gasteiger partial charge in [-0.25, -0.2) is 4.79 Å². The normalized spacial score (nSPS) is 10.3. The lowest BCUT2D eigenvalue weighted by Crippen LogP contribution is -2.22. The van der Waals surface area contributed by atoms with E-state index in [9.17, 15) is 14.4 Å². The average Bonchev–Trinajstić information content (AvgIpc) is 2.91. The number of aryl methyl sites for hydroxylation is 3. The van der Waals surface area contributed by atoms with Crippen LogP contribution in [0.3, 0.4) is 0 Å². The largest absolute Gasteiger partial charge is 0.451 e. The van der Waals surface area contributed by atoms with Crippen LogP contribution in [-0.2, 0) is 16.6 Å². The van der Waals surface area contributed by atoms with Crippen LogP contribution in [0.25, 0.3) is 0 Å². The number of carbonyl (C=O) groups excluding carboxylic acids is 3. The molecule has 2 aromatic rings. The van der Waals surface area contributed by atoms with E-state index in [2.05, 4.69) is 5.32 Å². The van der Waals surface area contributed by atoms with E-state index in [4.69, 9.17) is 4.74 Å². The Morgan fingerprint density at radius 1 is 1.17 bits per heavy atom. The molecule has 0 atom stereocenters. The highest BCUT2D eigenvalue weighted by atomic mass is 16.5. The van der Waals surface area contributed by atoms with Crippen LogP contribution in [-0.4, -0.2) is 28.8 Å². The second-order valence-corrected chi connectivity index (χ2v) is 5.67. The van der Waals surface area contributed by atoms with Gasteiger partial charge in [0.05, 0.1) is 0 Å². The third-order valence-corrected chi connectivity index (χ3v) is 3.70. The van der Waals surface area contributed by atoms with Crippen molar-refractivity contribution in [3.8, 4) is 0 Å². The predicted octanol–water partition coefficient (Wildman–Crippen LogP) is 2.64. The topological polar surface area (TPSA) is 77.4 Å². The fourth-order valence-corrected chi connectivity index (χ4v) is 2.35. The molecule has 1 amide bonds. The number of Topliss-reactive ketones (excluding diaryl/α,β-unsaturated/α-hetero) is 1. The maximum Gasteiger partial charge on any atom is 0.355 e. The van der Waals surface area contributed by atoms with Gasteiger partial charge in [-0.3, -0.25) is 9.59 Å². The lowest BCUT2D eigenvalue weighted by atomic mass is 10.1. The van der Waals surface area contributed by atoms with E-state index in [1.807, 2.05) is 32.0 Å². The molecule has 1 heterocycles. The number of aromatic nitrogens is 1. The summed E-state index contributed by atoms with van der Waals surface area (Å²) in [6.07, 6.45) is 1.55. The van der Waals surface area contributed by atoms with Crippen molar-refractivity contribution < 1.29 is 19.1 Å². The Labute approximate surface area is 140 Å². The first kappa shape index (κ1) is 17.5. The number of ketones is 1. The van der Waals surface area contributed by atoms with Gasteiger partial charge in [0.15, 0.2) is 12.4 Å². The fraction of sp³-hybridized carbons (Fsp3) is 0.278. The van der Waals surface area contributed by atoms with Crippen LogP contribution < -0.4 is 5.32 Å². The number of esters is 1. The number of hydrogen-bond acceptors (Lipinski definition) is 4. The van der Waals surface area contributed by atoms with Gasteiger partial charge in [0.1, 0.15) is 5.69 Å². The number of nitrogens with one attached hydrogen (secondary N) is 1. The Balaban J connectivity index is 1.99.